The lowest BCUT2D eigenvalue weighted by Crippen LogP contribution is -2.36. The number of anilines is 2. The van der Waals surface area contributed by atoms with Crippen molar-refractivity contribution in [2.24, 2.45) is 0 Å². The Labute approximate surface area is 222 Å². The number of methoxy groups -OCH3 is 2. The molecule has 0 radical (unpaired) electrons. The second-order valence-electron chi connectivity index (χ2n) is 8.42. The lowest BCUT2D eigenvalue weighted by atomic mass is 10.1. The molecule has 0 unspecified atom stereocenters. The monoisotopic (exact) mass is 535 g/mol. The first-order chi connectivity index (χ1) is 18.5. The molecule has 4 aromatic rings. The number of aromatic nitrogens is 2. The molecule has 1 saturated heterocycles. The number of ether oxygens (including phenoxy) is 3. The molecule has 1 aliphatic rings. The van der Waals surface area contributed by atoms with Gasteiger partial charge in [0.15, 0.2) is 5.13 Å². The van der Waals surface area contributed by atoms with E-state index in [-0.39, 0.29) is 17.8 Å². The zero-order chi connectivity index (χ0) is 26.6. The topological polar surface area (TPSA) is 120 Å². The minimum atomic E-state index is -0.460. The molecule has 12 heteroatoms. The summed E-state index contributed by atoms with van der Waals surface area (Å²) in [5.41, 5.74) is 1.68. The fourth-order valence-corrected chi connectivity index (χ4v) is 5.37. The number of rotatable bonds is 8. The van der Waals surface area contributed by atoms with Crippen LogP contribution in [0.2, 0.25) is 0 Å². The summed E-state index contributed by atoms with van der Waals surface area (Å²) in [6.45, 7) is 2.16. The molecule has 1 fully saturated rings. The molecular weight excluding hydrogens is 510 g/mol. The average Bonchev–Trinajstić information content (AvgIpc) is 3.41. The molecule has 0 aliphatic carbocycles. The highest BCUT2D eigenvalue weighted by Gasteiger charge is 2.28. The lowest BCUT2D eigenvalue weighted by molar-refractivity contribution is -0.384. The third-order valence-electron chi connectivity index (χ3n) is 6.19. The number of fused-ring (bicyclic) bond motifs is 1. The molecule has 0 atom stereocenters. The highest BCUT2D eigenvalue weighted by molar-refractivity contribution is 7.22. The van der Waals surface area contributed by atoms with E-state index in [2.05, 4.69) is 4.98 Å². The van der Waals surface area contributed by atoms with Gasteiger partial charge in [-0.15, -0.1) is 0 Å². The van der Waals surface area contributed by atoms with Crippen molar-refractivity contribution in [3.8, 4) is 11.5 Å². The van der Waals surface area contributed by atoms with Crippen LogP contribution in [0.3, 0.4) is 0 Å². The third kappa shape index (κ3) is 4.95. The Morgan fingerprint density at radius 2 is 1.89 bits per heavy atom. The van der Waals surface area contributed by atoms with Crippen LogP contribution in [0.15, 0.2) is 54.7 Å². The van der Waals surface area contributed by atoms with Crippen molar-refractivity contribution in [3.05, 3.63) is 76.1 Å². The summed E-state index contributed by atoms with van der Waals surface area (Å²) in [7, 11) is 3.11. The van der Waals surface area contributed by atoms with Crippen LogP contribution in [-0.2, 0) is 11.3 Å². The number of carbonyl (C=O) groups excluding carboxylic acids is 1. The average molecular weight is 536 g/mol. The van der Waals surface area contributed by atoms with Crippen molar-refractivity contribution in [1.29, 1.82) is 0 Å². The summed E-state index contributed by atoms with van der Waals surface area (Å²) in [6, 6.07) is 13.5. The second kappa shape index (κ2) is 11.0. The van der Waals surface area contributed by atoms with Gasteiger partial charge in [0.1, 0.15) is 27.4 Å². The lowest BCUT2D eigenvalue weighted by Gasteiger charge is -2.28. The first-order valence-corrected chi connectivity index (χ1v) is 12.7. The number of morpholine rings is 1. The van der Waals surface area contributed by atoms with E-state index in [0.717, 1.165) is 0 Å². The molecule has 1 amide bonds. The molecule has 196 valence electrons. The van der Waals surface area contributed by atoms with Crippen molar-refractivity contribution in [2.45, 2.75) is 6.54 Å². The standard InChI is InChI=1S/C26H25N5O6S/c1-35-21-8-9-22(36-2)24-23(21)28-26(38-24)30(16-18-5-3-4-10-27-18)25(32)17-6-7-19(20(15-17)31(33)34)29-11-13-37-14-12-29/h3-10,15H,11-14,16H2,1-2H3. The van der Waals surface area contributed by atoms with Gasteiger partial charge in [0, 0.05) is 30.9 Å². The van der Waals surface area contributed by atoms with Crippen molar-refractivity contribution >= 4 is 44.0 Å². The van der Waals surface area contributed by atoms with E-state index in [1.807, 2.05) is 11.0 Å². The third-order valence-corrected chi connectivity index (χ3v) is 7.29. The maximum Gasteiger partial charge on any atom is 0.293 e. The number of nitro benzene ring substituents is 1. The predicted molar refractivity (Wildman–Crippen MR) is 144 cm³/mol. The molecule has 0 spiro atoms. The summed E-state index contributed by atoms with van der Waals surface area (Å²) in [5, 5.41) is 12.4. The van der Waals surface area contributed by atoms with Gasteiger partial charge in [-0.05, 0) is 36.4 Å². The Balaban J connectivity index is 1.59. The zero-order valence-electron chi connectivity index (χ0n) is 20.8. The van der Waals surface area contributed by atoms with Crippen LogP contribution in [0, 0.1) is 10.1 Å². The molecule has 3 heterocycles. The number of carbonyl (C=O) groups is 1. The maximum atomic E-state index is 13.9. The van der Waals surface area contributed by atoms with E-state index < -0.39 is 10.8 Å². The SMILES string of the molecule is COc1ccc(OC)c2sc(N(Cc3ccccn3)C(=O)c3ccc(N4CCOCC4)c([N+](=O)[O-])c3)nc12. The Morgan fingerprint density at radius 3 is 2.58 bits per heavy atom. The molecule has 2 aromatic heterocycles. The van der Waals surface area contributed by atoms with Gasteiger partial charge in [-0.25, -0.2) is 4.98 Å². The molecular formula is C26H25N5O6S. The van der Waals surface area contributed by atoms with Crippen molar-refractivity contribution in [1.82, 2.24) is 9.97 Å². The number of thiazole rings is 1. The highest BCUT2D eigenvalue weighted by atomic mass is 32.1. The van der Waals surface area contributed by atoms with E-state index >= 15 is 0 Å². The van der Waals surface area contributed by atoms with E-state index in [1.165, 1.54) is 22.3 Å². The van der Waals surface area contributed by atoms with E-state index in [1.54, 1.807) is 56.8 Å². The second-order valence-corrected chi connectivity index (χ2v) is 9.39. The summed E-state index contributed by atoms with van der Waals surface area (Å²) in [4.78, 5) is 37.9. The molecule has 0 N–H and O–H groups in total. The quantitative estimate of drug-likeness (QED) is 0.240. The Morgan fingerprint density at radius 1 is 1.13 bits per heavy atom. The molecule has 38 heavy (non-hydrogen) atoms. The van der Waals surface area contributed by atoms with Gasteiger partial charge < -0.3 is 19.1 Å². The number of amides is 1. The van der Waals surface area contributed by atoms with Crippen LogP contribution in [0.5, 0.6) is 11.5 Å². The van der Waals surface area contributed by atoms with E-state index in [0.29, 0.717) is 64.5 Å². The van der Waals surface area contributed by atoms with Gasteiger partial charge in [0.2, 0.25) is 0 Å². The minimum absolute atomic E-state index is 0.114. The van der Waals surface area contributed by atoms with Crippen LogP contribution in [-0.4, -0.2) is 61.3 Å². The molecule has 11 nitrogen and oxygen atoms in total. The number of benzene rings is 2. The number of pyridine rings is 1. The molecule has 0 saturated carbocycles. The summed E-state index contributed by atoms with van der Waals surface area (Å²) < 4.78 is 17.1. The number of nitro groups is 1. The summed E-state index contributed by atoms with van der Waals surface area (Å²) in [5.74, 6) is 0.698. The van der Waals surface area contributed by atoms with E-state index in [4.69, 9.17) is 19.2 Å². The van der Waals surface area contributed by atoms with Crippen molar-refractivity contribution in [2.75, 3.05) is 50.3 Å². The van der Waals surface area contributed by atoms with Crippen LogP contribution in [0.1, 0.15) is 16.1 Å². The number of hydrogen-bond donors (Lipinski definition) is 0. The first kappa shape index (κ1) is 25.4. The zero-order valence-corrected chi connectivity index (χ0v) is 21.6. The Hall–Kier alpha value is -4.29. The molecule has 5 rings (SSSR count). The maximum absolute atomic E-state index is 13.9. The Kier molecular flexibility index (Phi) is 7.33. The van der Waals surface area contributed by atoms with Crippen LogP contribution in [0.4, 0.5) is 16.5 Å². The fourth-order valence-electron chi connectivity index (χ4n) is 4.30. The number of hydrogen-bond acceptors (Lipinski definition) is 10. The fraction of sp³-hybridized carbons (Fsp3) is 0.269. The van der Waals surface area contributed by atoms with Gasteiger partial charge in [0.25, 0.3) is 11.6 Å². The Bertz CT molecular complexity index is 1430. The van der Waals surface area contributed by atoms with Gasteiger partial charge >= 0.3 is 0 Å². The van der Waals surface area contributed by atoms with Gasteiger partial charge in [-0.1, -0.05) is 17.4 Å². The number of nitrogens with zero attached hydrogens (tertiary/aromatic N) is 5. The normalized spacial score (nSPS) is 13.4. The van der Waals surface area contributed by atoms with Gasteiger partial charge in [-0.3, -0.25) is 24.8 Å². The first-order valence-electron chi connectivity index (χ1n) is 11.8. The van der Waals surface area contributed by atoms with Gasteiger partial charge in [0.05, 0.1) is 44.6 Å². The smallest absolute Gasteiger partial charge is 0.293 e. The van der Waals surface area contributed by atoms with Gasteiger partial charge in [-0.2, -0.15) is 0 Å². The van der Waals surface area contributed by atoms with Crippen LogP contribution in [0.25, 0.3) is 10.2 Å². The molecule has 0 bridgehead atoms. The van der Waals surface area contributed by atoms with Crippen LogP contribution < -0.4 is 19.3 Å². The highest BCUT2D eigenvalue weighted by Crippen LogP contribution is 2.41. The van der Waals surface area contributed by atoms with Crippen molar-refractivity contribution < 1.29 is 23.9 Å². The van der Waals surface area contributed by atoms with Crippen molar-refractivity contribution in [3.63, 3.8) is 0 Å². The van der Waals surface area contributed by atoms with E-state index in [9.17, 15) is 14.9 Å². The predicted octanol–water partition coefficient (Wildman–Crippen LogP) is 4.30. The molecule has 2 aromatic carbocycles. The summed E-state index contributed by atoms with van der Waals surface area (Å²) >= 11 is 1.27. The molecule has 1 aliphatic heterocycles. The largest absolute Gasteiger partial charge is 0.495 e. The van der Waals surface area contributed by atoms with Crippen LogP contribution >= 0.6 is 11.3 Å². The summed E-state index contributed by atoms with van der Waals surface area (Å²) in [6.07, 6.45) is 1.64. The minimum Gasteiger partial charge on any atom is -0.495 e.